The average Bonchev–Trinajstić information content (AvgIpc) is 3.87. The van der Waals surface area contributed by atoms with Crippen LogP contribution >= 0.6 is 0 Å². The first kappa shape index (κ1) is 34.1. The highest BCUT2D eigenvalue weighted by Gasteiger charge is 2.20. The third kappa shape index (κ3) is 6.01. The summed E-state index contributed by atoms with van der Waals surface area (Å²) < 4.78 is 4.74. The molecule has 0 N–H and O–H groups in total. The zero-order valence-corrected chi connectivity index (χ0v) is 31.8. The van der Waals surface area contributed by atoms with Gasteiger partial charge in [-0.1, -0.05) is 147 Å². The van der Waals surface area contributed by atoms with E-state index in [2.05, 4.69) is 173 Å². The van der Waals surface area contributed by atoms with Crippen LogP contribution in [0.25, 0.3) is 88.8 Å². The Morgan fingerprint density at radius 2 is 1.05 bits per heavy atom. The summed E-state index contributed by atoms with van der Waals surface area (Å²) in [4.78, 5) is 15.0. The summed E-state index contributed by atoms with van der Waals surface area (Å²) in [6.07, 6.45) is 2.82. The monoisotopic (exact) mass is 733 g/mol. The Balaban J connectivity index is 0.00000195. The number of benzene rings is 8. The molecule has 8 aromatic carbocycles. The van der Waals surface area contributed by atoms with E-state index in [1.165, 1.54) is 43.5 Å². The topological polar surface area (TPSA) is 48.5 Å². The molecule has 0 aliphatic rings. The van der Waals surface area contributed by atoms with Crippen LogP contribution in [-0.4, -0.2) is 24.1 Å². The molecule has 0 saturated heterocycles. The maximum atomic E-state index is 5.02. The first-order valence-electron chi connectivity index (χ1n) is 19.7. The van der Waals surface area contributed by atoms with Crippen molar-refractivity contribution in [1.82, 2.24) is 24.1 Å². The van der Waals surface area contributed by atoms with Gasteiger partial charge in [-0.2, -0.15) is 0 Å². The Morgan fingerprint density at radius 1 is 0.421 bits per heavy atom. The molecule has 5 nitrogen and oxygen atoms in total. The zero-order chi connectivity index (χ0) is 38.3. The number of fused-ring (bicyclic) bond motifs is 2. The summed E-state index contributed by atoms with van der Waals surface area (Å²) in [5, 5.41) is 6.37. The van der Waals surface area contributed by atoms with E-state index in [1.54, 1.807) is 0 Å². The molecule has 11 aromatic rings. The number of nitrogens with zero attached hydrogens (tertiary/aromatic N) is 5. The molecule has 0 amide bonds. The molecule has 272 valence electrons. The van der Waals surface area contributed by atoms with Crippen LogP contribution in [0.1, 0.15) is 25.2 Å². The van der Waals surface area contributed by atoms with Gasteiger partial charge in [-0.15, -0.1) is 0 Å². The second kappa shape index (κ2) is 14.4. The van der Waals surface area contributed by atoms with Crippen LogP contribution < -0.4 is 0 Å². The van der Waals surface area contributed by atoms with Crippen LogP contribution in [0.5, 0.6) is 0 Å². The number of hydrogen-bond donors (Lipinski definition) is 0. The molecule has 3 aromatic heterocycles. The van der Waals surface area contributed by atoms with Gasteiger partial charge >= 0.3 is 0 Å². The molecule has 0 fully saturated rings. The van der Waals surface area contributed by atoms with E-state index in [0.717, 1.165) is 45.0 Å². The van der Waals surface area contributed by atoms with Gasteiger partial charge in [0.15, 0.2) is 11.6 Å². The van der Waals surface area contributed by atoms with Gasteiger partial charge in [0, 0.05) is 51.3 Å². The minimum atomic E-state index is 0.623. The molecule has 0 saturated carbocycles. The van der Waals surface area contributed by atoms with Gasteiger partial charge in [0.25, 0.3) is 0 Å². The Hall–Kier alpha value is -7.37. The van der Waals surface area contributed by atoms with Gasteiger partial charge in [-0.05, 0) is 76.0 Å². The predicted octanol–water partition coefficient (Wildman–Crippen LogP) is 13.1. The summed E-state index contributed by atoms with van der Waals surface area (Å²) in [6, 6.07) is 64.4. The van der Waals surface area contributed by atoms with Crippen LogP contribution in [0.3, 0.4) is 0 Å². The maximum Gasteiger partial charge on any atom is 0.163 e. The van der Waals surface area contributed by atoms with E-state index in [9.17, 15) is 0 Å². The van der Waals surface area contributed by atoms with Crippen molar-refractivity contribution >= 4 is 43.5 Å². The summed E-state index contributed by atoms with van der Waals surface area (Å²) >= 11 is 0. The molecule has 57 heavy (non-hydrogen) atoms. The number of rotatable bonds is 7. The lowest BCUT2D eigenvalue weighted by Crippen LogP contribution is -2.04. The fourth-order valence-corrected chi connectivity index (χ4v) is 8.24. The molecule has 0 aliphatic heterocycles. The summed E-state index contributed by atoms with van der Waals surface area (Å²) in [5.74, 6) is 2.08. The largest absolute Gasteiger partial charge is 0.316 e. The van der Waals surface area contributed by atoms with Crippen molar-refractivity contribution in [2.45, 2.75) is 20.3 Å². The van der Waals surface area contributed by atoms with Gasteiger partial charge < -0.3 is 9.13 Å². The quantitative estimate of drug-likeness (QED) is 0.153. The molecule has 0 bridgehead atoms. The SMILES string of the molecule is CC.c1ccc(Cc2nc(-c3ccccc3)nc(-c3cccc(-c4cccc(-n5c6cccc7ccc8c9ccn(-c%10ccccc%10)c9cc5c8c76)c4)c3)n2)cc1. The molecule has 0 spiro atoms. The summed E-state index contributed by atoms with van der Waals surface area (Å²) in [7, 11) is 0. The second-order valence-corrected chi connectivity index (χ2v) is 14.1. The fourth-order valence-electron chi connectivity index (χ4n) is 8.24. The Kier molecular flexibility index (Phi) is 8.61. The van der Waals surface area contributed by atoms with Crippen LogP contribution in [0.15, 0.2) is 188 Å². The lowest BCUT2D eigenvalue weighted by atomic mass is 10.00. The average molecular weight is 734 g/mol. The van der Waals surface area contributed by atoms with E-state index in [-0.39, 0.29) is 0 Å². The van der Waals surface area contributed by atoms with Crippen molar-refractivity contribution < 1.29 is 0 Å². The number of hydrogen-bond acceptors (Lipinski definition) is 3. The van der Waals surface area contributed by atoms with Crippen molar-refractivity contribution in [1.29, 1.82) is 0 Å². The Labute approximate surface area is 331 Å². The molecular formula is C52H39N5. The predicted molar refractivity (Wildman–Crippen MR) is 237 cm³/mol. The van der Waals surface area contributed by atoms with Crippen LogP contribution in [0, 0.1) is 0 Å². The smallest absolute Gasteiger partial charge is 0.163 e. The Bertz CT molecular complexity index is 3160. The lowest BCUT2D eigenvalue weighted by Gasteiger charge is -2.12. The standard InChI is InChI=1S/C50H33N5.C2H6/c1-4-13-33(14-5-1)29-46-51-49(35-15-6-2-7-16-35)53-50(52-46)38-20-10-18-36(30-38)37-19-11-23-40(31-37)55-43-24-12-17-34-25-26-42-41-27-28-54(39-21-8-3-9-22-39)44(41)32-45(55)48(42)47(34)43;1-2/h1-28,30-32H,29H2;1-2H3. The van der Waals surface area contributed by atoms with Crippen molar-refractivity contribution in [3.05, 3.63) is 200 Å². The third-order valence-electron chi connectivity index (χ3n) is 10.8. The molecule has 0 unspecified atom stereocenters. The first-order chi connectivity index (χ1) is 28.2. The third-order valence-corrected chi connectivity index (χ3v) is 10.8. The molecule has 3 heterocycles. The minimum Gasteiger partial charge on any atom is -0.316 e. The van der Waals surface area contributed by atoms with E-state index < -0.39 is 0 Å². The van der Waals surface area contributed by atoms with E-state index in [0.29, 0.717) is 18.1 Å². The van der Waals surface area contributed by atoms with E-state index in [4.69, 9.17) is 15.0 Å². The number of aromatic nitrogens is 5. The highest BCUT2D eigenvalue weighted by atomic mass is 15.0. The fraction of sp³-hybridized carbons (Fsp3) is 0.0577. The van der Waals surface area contributed by atoms with Gasteiger partial charge in [0.1, 0.15) is 5.82 Å². The summed E-state index contributed by atoms with van der Waals surface area (Å²) in [5.41, 5.74) is 11.1. The van der Waals surface area contributed by atoms with Gasteiger partial charge in [0.05, 0.1) is 16.6 Å². The molecule has 0 atom stereocenters. The van der Waals surface area contributed by atoms with Gasteiger partial charge in [0.2, 0.25) is 0 Å². The maximum absolute atomic E-state index is 5.02. The van der Waals surface area contributed by atoms with Crippen molar-refractivity contribution in [3.8, 4) is 45.3 Å². The van der Waals surface area contributed by atoms with Crippen molar-refractivity contribution in [2.75, 3.05) is 0 Å². The Morgan fingerprint density at radius 3 is 1.84 bits per heavy atom. The van der Waals surface area contributed by atoms with E-state index in [1.807, 2.05) is 38.1 Å². The molecule has 5 heteroatoms. The normalized spacial score (nSPS) is 11.4. The van der Waals surface area contributed by atoms with E-state index >= 15 is 0 Å². The van der Waals surface area contributed by atoms with Crippen LogP contribution in [0.2, 0.25) is 0 Å². The highest BCUT2D eigenvalue weighted by Crippen LogP contribution is 2.43. The molecule has 0 aliphatic carbocycles. The number of para-hydroxylation sites is 1. The minimum absolute atomic E-state index is 0.623. The lowest BCUT2D eigenvalue weighted by molar-refractivity contribution is 0.932. The molecular weight excluding hydrogens is 695 g/mol. The molecule has 11 rings (SSSR count). The highest BCUT2D eigenvalue weighted by molar-refractivity contribution is 6.29. The van der Waals surface area contributed by atoms with Gasteiger partial charge in [-0.3, -0.25) is 0 Å². The summed E-state index contributed by atoms with van der Waals surface area (Å²) in [6.45, 7) is 4.00. The second-order valence-electron chi connectivity index (χ2n) is 14.1. The van der Waals surface area contributed by atoms with Crippen LogP contribution in [-0.2, 0) is 6.42 Å². The first-order valence-corrected chi connectivity index (χ1v) is 19.7. The van der Waals surface area contributed by atoms with Crippen molar-refractivity contribution in [2.24, 2.45) is 0 Å². The van der Waals surface area contributed by atoms with Crippen LogP contribution in [0.4, 0.5) is 0 Å². The van der Waals surface area contributed by atoms with Gasteiger partial charge in [-0.25, -0.2) is 15.0 Å². The molecule has 0 radical (unpaired) electrons. The zero-order valence-electron chi connectivity index (χ0n) is 31.8. The van der Waals surface area contributed by atoms with Crippen molar-refractivity contribution in [3.63, 3.8) is 0 Å².